The highest BCUT2D eigenvalue weighted by molar-refractivity contribution is 7.14. The number of Topliss-reactive ketones (excluding diaryl/α,β-unsaturated/α-hetero) is 1. The number of ether oxygens (including phenoxy) is 1. The maximum Gasteiger partial charge on any atom is 0.340 e. The van der Waals surface area contributed by atoms with Crippen molar-refractivity contribution in [3.05, 3.63) is 55.7 Å². The van der Waals surface area contributed by atoms with Gasteiger partial charge in [0.15, 0.2) is 6.10 Å². The van der Waals surface area contributed by atoms with Crippen molar-refractivity contribution >= 4 is 52.2 Å². The monoisotopic (exact) mass is 399 g/mol. The highest BCUT2D eigenvalue weighted by atomic mass is 35.5. The van der Waals surface area contributed by atoms with E-state index in [1.54, 1.807) is 18.2 Å². The Kier molecular flexibility index (Phi) is 6.58. The topological polar surface area (TPSA) is 72.5 Å². The van der Waals surface area contributed by atoms with Crippen molar-refractivity contribution in [2.45, 2.75) is 26.5 Å². The Morgan fingerprint density at radius 3 is 2.60 bits per heavy atom. The second-order valence-electron chi connectivity index (χ2n) is 5.21. The van der Waals surface area contributed by atoms with E-state index in [0.717, 1.165) is 4.88 Å². The summed E-state index contributed by atoms with van der Waals surface area (Å²) in [7, 11) is 0. The summed E-state index contributed by atoms with van der Waals surface area (Å²) in [6, 6.07) is 7.81. The van der Waals surface area contributed by atoms with E-state index in [4.69, 9.17) is 27.9 Å². The Balaban J connectivity index is 2.03. The minimum atomic E-state index is -0.977. The molecular weight excluding hydrogens is 385 g/mol. The standard InChI is InChI=1S/C17H15Cl2NO4S/c1-9(24-17(23)13-7-11(18)3-5-14(13)19)16(22)15-6-4-12(25-15)8-20-10(2)21/h3-7,9H,8H2,1-2H3,(H,20,21). The molecule has 1 amide bonds. The molecule has 0 saturated carbocycles. The van der Waals surface area contributed by atoms with Crippen LogP contribution in [0.1, 0.15) is 38.8 Å². The van der Waals surface area contributed by atoms with Gasteiger partial charge in [-0.25, -0.2) is 4.79 Å². The first kappa shape index (κ1) is 19.4. The number of carbonyl (C=O) groups is 3. The van der Waals surface area contributed by atoms with Crippen LogP contribution < -0.4 is 5.32 Å². The molecule has 1 heterocycles. The largest absolute Gasteiger partial charge is 0.451 e. The Morgan fingerprint density at radius 1 is 1.20 bits per heavy atom. The van der Waals surface area contributed by atoms with Gasteiger partial charge in [0.25, 0.3) is 0 Å². The number of halogens is 2. The lowest BCUT2D eigenvalue weighted by Gasteiger charge is -2.12. The van der Waals surface area contributed by atoms with Crippen molar-refractivity contribution in [1.82, 2.24) is 5.32 Å². The molecular formula is C17H15Cl2NO4S. The van der Waals surface area contributed by atoms with E-state index >= 15 is 0 Å². The summed E-state index contributed by atoms with van der Waals surface area (Å²) in [5.74, 6) is -1.20. The van der Waals surface area contributed by atoms with Gasteiger partial charge in [-0.2, -0.15) is 0 Å². The van der Waals surface area contributed by atoms with Crippen LogP contribution in [0.3, 0.4) is 0 Å². The van der Waals surface area contributed by atoms with Crippen LogP contribution in [-0.4, -0.2) is 23.8 Å². The van der Waals surface area contributed by atoms with E-state index in [2.05, 4.69) is 5.32 Å². The van der Waals surface area contributed by atoms with Gasteiger partial charge in [-0.15, -0.1) is 11.3 Å². The summed E-state index contributed by atoms with van der Waals surface area (Å²) >= 11 is 13.0. The molecule has 1 aromatic carbocycles. The lowest BCUT2D eigenvalue weighted by molar-refractivity contribution is -0.119. The van der Waals surface area contributed by atoms with E-state index < -0.39 is 12.1 Å². The first-order valence-electron chi connectivity index (χ1n) is 7.31. The van der Waals surface area contributed by atoms with Gasteiger partial charge in [-0.05, 0) is 37.3 Å². The SMILES string of the molecule is CC(=O)NCc1ccc(C(=O)C(C)OC(=O)c2cc(Cl)ccc2Cl)s1. The van der Waals surface area contributed by atoms with Crippen molar-refractivity contribution in [3.63, 3.8) is 0 Å². The van der Waals surface area contributed by atoms with Crippen LogP contribution in [0.15, 0.2) is 30.3 Å². The molecule has 5 nitrogen and oxygen atoms in total. The number of nitrogens with one attached hydrogen (secondary N) is 1. The van der Waals surface area contributed by atoms with Crippen molar-refractivity contribution in [3.8, 4) is 0 Å². The number of benzene rings is 1. The fourth-order valence-corrected chi connectivity index (χ4v) is 3.28. The van der Waals surface area contributed by atoms with Crippen LogP contribution in [0, 0.1) is 0 Å². The third-order valence-electron chi connectivity index (χ3n) is 3.22. The summed E-state index contributed by atoms with van der Waals surface area (Å²) in [5, 5.41) is 3.20. The zero-order valence-electron chi connectivity index (χ0n) is 13.5. The summed E-state index contributed by atoms with van der Waals surface area (Å²) in [4.78, 5) is 36.8. The van der Waals surface area contributed by atoms with E-state index in [0.29, 0.717) is 16.4 Å². The number of ketones is 1. The number of esters is 1. The molecule has 25 heavy (non-hydrogen) atoms. The van der Waals surface area contributed by atoms with Crippen molar-refractivity contribution in [2.24, 2.45) is 0 Å². The van der Waals surface area contributed by atoms with Crippen LogP contribution in [-0.2, 0) is 16.1 Å². The van der Waals surface area contributed by atoms with Crippen molar-refractivity contribution in [2.75, 3.05) is 0 Å². The lowest BCUT2D eigenvalue weighted by atomic mass is 10.2. The molecule has 0 bridgehead atoms. The summed E-state index contributed by atoms with van der Waals surface area (Å²) in [5.41, 5.74) is 0.103. The minimum absolute atomic E-state index is 0.103. The molecule has 1 atom stereocenters. The van der Waals surface area contributed by atoms with Crippen LogP contribution in [0.2, 0.25) is 10.0 Å². The van der Waals surface area contributed by atoms with Gasteiger partial charge in [0, 0.05) is 16.8 Å². The maximum atomic E-state index is 12.4. The predicted molar refractivity (Wildman–Crippen MR) is 97.5 cm³/mol. The van der Waals surface area contributed by atoms with Crippen LogP contribution in [0.5, 0.6) is 0 Å². The fraction of sp³-hybridized carbons (Fsp3) is 0.235. The van der Waals surface area contributed by atoms with Gasteiger partial charge >= 0.3 is 5.97 Å². The number of carbonyl (C=O) groups excluding carboxylic acids is 3. The number of rotatable bonds is 6. The molecule has 1 unspecified atom stereocenters. The van der Waals surface area contributed by atoms with Gasteiger partial charge in [-0.1, -0.05) is 23.2 Å². The zero-order chi connectivity index (χ0) is 18.6. The highest BCUT2D eigenvalue weighted by Crippen LogP contribution is 2.23. The second-order valence-corrected chi connectivity index (χ2v) is 7.22. The molecule has 0 aliphatic rings. The third-order valence-corrected chi connectivity index (χ3v) is 4.88. The zero-order valence-corrected chi connectivity index (χ0v) is 15.8. The Morgan fingerprint density at radius 2 is 1.92 bits per heavy atom. The van der Waals surface area contributed by atoms with Gasteiger partial charge < -0.3 is 10.1 Å². The molecule has 8 heteroatoms. The van der Waals surface area contributed by atoms with Gasteiger partial charge in [-0.3, -0.25) is 9.59 Å². The molecule has 1 N–H and O–H groups in total. The predicted octanol–water partition coefficient (Wildman–Crippen LogP) is 4.12. The number of thiophene rings is 1. The van der Waals surface area contributed by atoms with E-state index in [1.165, 1.54) is 37.3 Å². The average Bonchev–Trinajstić information content (AvgIpc) is 3.03. The number of hydrogen-bond acceptors (Lipinski definition) is 5. The summed E-state index contributed by atoms with van der Waals surface area (Å²) in [6.45, 7) is 3.26. The van der Waals surface area contributed by atoms with E-state index in [9.17, 15) is 14.4 Å². The second kappa shape index (κ2) is 8.47. The van der Waals surface area contributed by atoms with Crippen LogP contribution >= 0.6 is 34.5 Å². The third kappa shape index (κ3) is 5.29. The normalized spacial score (nSPS) is 11.7. The molecule has 2 rings (SSSR count). The highest BCUT2D eigenvalue weighted by Gasteiger charge is 2.23. The van der Waals surface area contributed by atoms with Crippen molar-refractivity contribution in [1.29, 1.82) is 0 Å². The molecule has 0 aliphatic carbocycles. The average molecular weight is 400 g/mol. The Bertz CT molecular complexity index is 819. The van der Waals surface area contributed by atoms with Gasteiger partial charge in [0.2, 0.25) is 11.7 Å². The fourth-order valence-electron chi connectivity index (χ4n) is 1.95. The Hall–Kier alpha value is -1.89. The molecule has 2 aromatic rings. The molecule has 1 aromatic heterocycles. The number of amides is 1. The summed E-state index contributed by atoms with van der Waals surface area (Å²) < 4.78 is 5.20. The number of hydrogen-bond donors (Lipinski definition) is 1. The smallest absolute Gasteiger partial charge is 0.340 e. The van der Waals surface area contributed by atoms with Gasteiger partial charge in [0.1, 0.15) is 0 Å². The van der Waals surface area contributed by atoms with Gasteiger partial charge in [0.05, 0.1) is 22.0 Å². The lowest BCUT2D eigenvalue weighted by Crippen LogP contribution is -2.24. The van der Waals surface area contributed by atoms with Crippen molar-refractivity contribution < 1.29 is 19.1 Å². The minimum Gasteiger partial charge on any atom is -0.451 e. The molecule has 0 spiro atoms. The maximum absolute atomic E-state index is 12.4. The van der Waals surface area contributed by atoms with E-state index in [1.807, 2.05) is 0 Å². The van der Waals surface area contributed by atoms with Crippen LogP contribution in [0.25, 0.3) is 0 Å². The molecule has 0 saturated heterocycles. The van der Waals surface area contributed by atoms with Crippen LogP contribution in [0.4, 0.5) is 0 Å². The molecule has 0 fully saturated rings. The molecule has 0 radical (unpaired) electrons. The summed E-state index contributed by atoms with van der Waals surface area (Å²) in [6.07, 6.45) is -0.977. The first-order valence-corrected chi connectivity index (χ1v) is 8.88. The quantitative estimate of drug-likeness (QED) is 0.585. The molecule has 0 aliphatic heterocycles. The molecule has 132 valence electrons. The van der Waals surface area contributed by atoms with E-state index in [-0.39, 0.29) is 22.3 Å². The first-order chi connectivity index (χ1) is 11.8. The Labute approximate surface area is 158 Å².